The Morgan fingerprint density at radius 2 is 2.37 bits per heavy atom. The molecule has 0 saturated heterocycles. The Morgan fingerprint density at radius 1 is 1.58 bits per heavy atom. The lowest BCUT2D eigenvalue weighted by Crippen LogP contribution is -2.27. The number of nitrogens with zero attached hydrogens (tertiary/aromatic N) is 1. The summed E-state index contributed by atoms with van der Waals surface area (Å²) in [6.07, 6.45) is 3.40. The van der Waals surface area contributed by atoms with Crippen LogP contribution in [-0.4, -0.2) is 22.0 Å². The summed E-state index contributed by atoms with van der Waals surface area (Å²) in [5.74, 6) is -1.60. The number of hydrogen-bond donors (Lipinski definition) is 2. The Labute approximate surface area is 113 Å². The van der Waals surface area contributed by atoms with Crippen LogP contribution in [0, 0.1) is 0 Å². The minimum atomic E-state index is -1.13. The van der Waals surface area contributed by atoms with Gasteiger partial charge < -0.3 is 14.8 Å². The molecule has 0 radical (unpaired) electrons. The molecule has 0 aliphatic heterocycles. The zero-order valence-electron chi connectivity index (χ0n) is 10.1. The van der Waals surface area contributed by atoms with Crippen molar-refractivity contribution in [3.8, 4) is 0 Å². The van der Waals surface area contributed by atoms with Gasteiger partial charge in [-0.2, -0.15) is 0 Å². The fourth-order valence-corrected chi connectivity index (χ4v) is 2.31. The number of carboxylic acid groups (broad SMARTS) is 1. The standard InChI is InChI=1S/C12H12N2O4S/c1-2-8(11-13-3-4-19-11)14-10(15)9-5-7(6-18-9)12(16)17/h3-6,8H,2H2,1H3,(H,14,15)(H,16,17). The highest BCUT2D eigenvalue weighted by Crippen LogP contribution is 2.19. The summed E-state index contributed by atoms with van der Waals surface area (Å²) in [5.41, 5.74) is -0.0487. The summed E-state index contributed by atoms with van der Waals surface area (Å²) < 4.78 is 4.94. The summed E-state index contributed by atoms with van der Waals surface area (Å²) in [7, 11) is 0. The molecular formula is C12H12N2O4S. The Balaban J connectivity index is 2.09. The monoisotopic (exact) mass is 280 g/mol. The molecule has 2 aromatic heterocycles. The van der Waals surface area contributed by atoms with Crippen LogP contribution in [0.3, 0.4) is 0 Å². The molecule has 0 bridgehead atoms. The van der Waals surface area contributed by atoms with E-state index >= 15 is 0 Å². The zero-order chi connectivity index (χ0) is 13.8. The maximum atomic E-state index is 11.9. The number of aromatic carboxylic acids is 1. The number of carbonyl (C=O) groups is 2. The van der Waals surface area contributed by atoms with E-state index in [4.69, 9.17) is 9.52 Å². The molecule has 0 aliphatic rings. The van der Waals surface area contributed by atoms with Crippen LogP contribution >= 0.6 is 11.3 Å². The lowest BCUT2D eigenvalue weighted by atomic mass is 10.2. The highest BCUT2D eigenvalue weighted by molar-refractivity contribution is 7.09. The number of carboxylic acids is 1. The molecule has 0 aliphatic carbocycles. The second kappa shape index (κ2) is 5.66. The summed E-state index contributed by atoms with van der Waals surface area (Å²) in [6.45, 7) is 1.93. The van der Waals surface area contributed by atoms with Gasteiger partial charge in [-0.15, -0.1) is 11.3 Å². The van der Waals surface area contributed by atoms with Gasteiger partial charge in [0, 0.05) is 17.6 Å². The highest BCUT2D eigenvalue weighted by atomic mass is 32.1. The van der Waals surface area contributed by atoms with Crippen molar-refractivity contribution in [2.45, 2.75) is 19.4 Å². The molecule has 2 rings (SSSR count). The van der Waals surface area contributed by atoms with Gasteiger partial charge in [0.1, 0.15) is 11.3 Å². The average molecular weight is 280 g/mol. The number of amides is 1. The maximum absolute atomic E-state index is 11.9. The molecular weight excluding hydrogens is 268 g/mol. The van der Waals surface area contributed by atoms with E-state index in [1.54, 1.807) is 6.20 Å². The topological polar surface area (TPSA) is 92.4 Å². The number of carbonyl (C=O) groups excluding carboxylic acids is 1. The molecule has 6 nitrogen and oxygen atoms in total. The van der Waals surface area contributed by atoms with Gasteiger partial charge in [0.2, 0.25) is 0 Å². The fraction of sp³-hybridized carbons (Fsp3) is 0.250. The molecule has 0 fully saturated rings. The van der Waals surface area contributed by atoms with Crippen LogP contribution in [0.15, 0.2) is 28.3 Å². The van der Waals surface area contributed by atoms with Gasteiger partial charge in [-0.3, -0.25) is 4.79 Å². The molecule has 100 valence electrons. The minimum Gasteiger partial charge on any atom is -0.478 e. The number of rotatable bonds is 5. The quantitative estimate of drug-likeness (QED) is 0.876. The summed E-state index contributed by atoms with van der Waals surface area (Å²) >= 11 is 1.45. The van der Waals surface area contributed by atoms with Gasteiger partial charge >= 0.3 is 5.97 Å². The van der Waals surface area contributed by atoms with Gasteiger partial charge in [-0.1, -0.05) is 6.92 Å². The average Bonchev–Trinajstić information content (AvgIpc) is 3.05. The number of furan rings is 1. The van der Waals surface area contributed by atoms with Crippen molar-refractivity contribution >= 4 is 23.2 Å². The van der Waals surface area contributed by atoms with Gasteiger partial charge in [0.25, 0.3) is 5.91 Å². The first kappa shape index (κ1) is 13.3. The van der Waals surface area contributed by atoms with Crippen molar-refractivity contribution in [2.24, 2.45) is 0 Å². The molecule has 0 spiro atoms. The van der Waals surface area contributed by atoms with Crippen LogP contribution in [0.25, 0.3) is 0 Å². The normalized spacial score (nSPS) is 12.1. The van der Waals surface area contributed by atoms with Crippen molar-refractivity contribution < 1.29 is 19.1 Å². The van der Waals surface area contributed by atoms with Crippen molar-refractivity contribution in [3.05, 3.63) is 40.2 Å². The number of nitrogens with one attached hydrogen (secondary N) is 1. The zero-order valence-corrected chi connectivity index (χ0v) is 10.9. The minimum absolute atomic E-state index is 0.0209. The van der Waals surface area contributed by atoms with Gasteiger partial charge in [-0.05, 0) is 6.42 Å². The third-order valence-corrected chi connectivity index (χ3v) is 3.42. The number of hydrogen-bond acceptors (Lipinski definition) is 5. The van der Waals surface area contributed by atoms with Gasteiger partial charge in [0.15, 0.2) is 5.76 Å². The van der Waals surface area contributed by atoms with E-state index < -0.39 is 11.9 Å². The molecule has 0 saturated carbocycles. The molecule has 19 heavy (non-hydrogen) atoms. The lowest BCUT2D eigenvalue weighted by molar-refractivity contribution is 0.0695. The van der Waals surface area contributed by atoms with E-state index in [-0.39, 0.29) is 17.4 Å². The van der Waals surface area contributed by atoms with Crippen molar-refractivity contribution in [1.29, 1.82) is 0 Å². The first-order chi connectivity index (χ1) is 9.11. The highest BCUT2D eigenvalue weighted by Gasteiger charge is 2.19. The second-order valence-electron chi connectivity index (χ2n) is 3.81. The van der Waals surface area contributed by atoms with Crippen molar-refractivity contribution in [2.75, 3.05) is 0 Å². The molecule has 1 amide bonds. The summed E-state index contributed by atoms with van der Waals surface area (Å²) in [6, 6.07) is 0.998. The Hall–Kier alpha value is -2.15. The Kier molecular flexibility index (Phi) is 3.96. The predicted molar refractivity (Wildman–Crippen MR) is 68.3 cm³/mol. The van der Waals surface area contributed by atoms with E-state index in [1.807, 2.05) is 12.3 Å². The van der Waals surface area contributed by atoms with E-state index in [2.05, 4.69) is 10.3 Å². The SMILES string of the molecule is CCC(NC(=O)c1cc(C(=O)O)co1)c1nccs1. The van der Waals surface area contributed by atoms with Crippen LogP contribution in [0.1, 0.15) is 45.3 Å². The molecule has 2 aromatic rings. The third kappa shape index (κ3) is 3.00. The largest absolute Gasteiger partial charge is 0.478 e. The Bertz CT molecular complexity index is 576. The molecule has 2 N–H and O–H groups in total. The second-order valence-corrected chi connectivity index (χ2v) is 4.74. The smallest absolute Gasteiger partial charge is 0.338 e. The number of thiazole rings is 1. The van der Waals surface area contributed by atoms with Crippen LogP contribution in [-0.2, 0) is 0 Å². The first-order valence-corrected chi connectivity index (χ1v) is 6.52. The van der Waals surface area contributed by atoms with Crippen molar-refractivity contribution in [1.82, 2.24) is 10.3 Å². The predicted octanol–water partition coefficient (Wildman–Crippen LogP) is 2.32. The van der Waals surface area contributed by atoms with Gasteiger partial charge in [-0.25, -0.2) is 9.78 Å². The maximum Gasteiger partial charge on any atom is 0.338 e. The van der Waals surface area contributed by atoms with Crippen molar-refractivity contribution in [3.63, 3.8) is 0 Å². The fourth-order valence-electron chi connectivity index (χ4n) is 1.54. The third-order valence-electron chi connectivity index (χ3n) is 2.53. The molecule has 2 heterocycles. The molecule has 1 atom stereocenters. The lowest BCUT2D eigenvalue weighted by Gasteiger charge is -2.12. The van der Waals surface area contributed by atoms with E-state index in [0.29, 0.717) is 6.42 Å². The van der Waals surface area contributed by atoms with Crippen LogP contribution < -0.4 is 5.32 Å². The van der Waals surface area contributed by atoms with E-state index in [0.717, 1.165) is 11.3 Å². The molecule has 0 aromatic carbocycles. The van der Waals surface area contributed by atoms with Gasteiger partial charge in [0.05, 0.1) is 11.6 Å². The van der Waals surface area contributed by atoms with E-state index in [1.165, 1.54) is 17.4 Å². The van der Waals surface area contributed by atoms with E-state index in [9.17, 15) is 9.59 Å². The van der Waals surface area contributed by atoms with Crippen LogP contribution in [0.5, 0.6) is 0 Å². The molecule has 1 unspecified atom stereocenters. The first-order valence-electron chi connectivity index (χ1n) is 5.64. The van der Waals surface area contributed by atoms with Crippen LogP contribution in [0.4, 0.5) is 0 Å². The van der Waals surface area contributed by atoms with Crippen LogP contribution in [0.2, 0.25) is 0 Å². The summed E-state index contributed by atoms with van der Waals surface area (Å²) in [5, 5.41) is 14.2. The summed E-state index contributed by atoms with van der Waals surface area (Å²) in [4.78, 5) is 26.8. The Morgan fingerprint density at radius 3 is 2.89 bits per heavy atom. The molecule has 7 heteroatoms. The number of aromatic nitrogens is 1.